The van der Waals surface area contributed by atoms with Gasteiger partial charge < -0.3 is 14.8 Å². The second-order valence-corrected chi connectivity index (χ2v) is 5.64. The molecule has 1 aromatic carbocycles. The van der Waals surface area contributed by atoms with Crippen LogP contribution in [0.25, 0.3) is 0 Å². The van der Waals surface area contributed by atoms with Gasteiger partial charge in [0.05, 0.1) is 19.8 Å². The maximum atomic E-state index is 5.50. The maximum Gasteiger partial charge on any atom is 0.0667 e. The van der Waals surface area contributed by atoms with Gasteiger partial charge in [-0.3, -0.25) is 4.90 Å². The van der Waals surface area contributed by atoms with Gasteiger partial charge in [-0.1, -0.05) is 12.1 Å². The van der Waals surface area contributed by atoms with E-state index >= 15 is 0 Å². The summed E-state index contributed by atoms with van der Waals surface area (Å²) in [6, 6.07) is 9.28. The van der Waals surface area contributed by atoms with Crippen LogP contribution in [-0.2, 0) is 16.0 Å². The smallest absolute Gasteiger partial charge is 0.0667 e. The predicted molar refractivity (Wildman–Crippen MR) is 80.0 cm³/mol. The van der Waals surface area contributed by atoms with Crippen LogP contribution in [0.4, 0.5) is 5.69 Å². The van der Waals surface area contributed by atoms with Crippen LogP contribution in [0.2, 0.25) is 0 Å². The third kappa shape index (κ3) is 3.95. The molecule has 0 saturated carbocycles. The molecule has 2 heterocycles. The van der Waals surface area contributed by atoms with Crippen LogP contribution < -0.4 is 5.32 Å². The molecule has 20 heavy (non-hydrogen) atoms. The van der Waals surface area contributed by atoms with Gasteiger partial charge in [0.2, 0.25) is 0 Å². The van der Waals surface area contributed by atoms with Gasteiger partial charge in [-0.15, -0.1) is 0 Å². The summed E-state index contributed by atoms with van der Waals surface area (Å²) in [6.45, 7) is 6.57. The zero-order chi connectivity index (χ0) is 13.6. The summed E-state index contributed by atoms with van der Waals surface area (Å²) in [4.78, 5) is 2.45. The molecule has 0 aromatic heterocycles. The second-order valence-electron chi connectivity index (χ2n) is 5.64. The first-order chi connectivity index (χ1) is 9.90. The minimum absolute atomic E-state index is 0.467. The first-order valence-corrected chi connectivity index (χ1v) is 7.63. The molecule has 0 amide bonds. The van der Waals surface area contributed by atoms with E-state index in [1.165, 1.54) is 17.7 Å². The van der Waals surface area contributed by atoms with Crippen LogP contribution >= 0.6 is 0 Å². The van der Waals surface area contributed by atoms with Crippen LogP contribution in [0, 0.1) is 0 Å². The van der Waals surface area contributed by atoms with E-state index < -0.39 is 0 Å². The molecular weight excluding hydrogens is 252 g/mol. The lowest BCUT2D eigenvalue weighted by Crippen LogP contribution is -2.35. The van der Waals surface area contributed by atoms with E-state index in [1.807, 2.05) is 0 Å². The van der Waals surface area contributed by atoms with Crippen LogP contribution in [-0.4, -0.2) is 50.5 Å². The van der Waals surface area contributed by atoms with Crippen molar-refractivity contribution in [1.29, 1.82) is 0 Å². The van der Waals surface area contributed by atoms with E-state index in [9.17, 15) is 0 Å². The van der Waals surface area contributed by atoms with Crippen molar-refractivity contribution in [2.45, 2.75) is 25.4 Å². The number of ether oxygens (including phenoxy) is 2. The number of benzene rings is 1. The molecule has 3 rings (SSSR count). The highest BCUT2D eigenvalue weighted by Gasteiger charge is 2.14. The molecule has 1 unspecified atom stereocenters. The minimum Gasteiger partial charge on any atom is -0.380 e. The Morgan fingerprint density at radius 1 is 1.05 bits per heavy atom. The number of hydrogen-bond acceptors (Lipinski definition) is 4. The molecule has 0 bridgehead atoms. The predicted octanol–water partition coefficient (Wildman–Crippen LogP) is 2.11. The number of hydrogen-bond donors (Lipinski definition) is 1. The van der Waals surface area contributed by atoms with Gasteiger partial charge in [0.25, 0.3) is 0 Å². The highest BCUT2D eigenvalue weighted by Crippen LogP contribution is 2.16. The standard InChI is InChI=1S/C16H24N2O2/c1-2-16(13-20-9-1)17-15-5-3-14(4-6-15)12-18-7-10-19-11-8-18/h3-6,16-17H,1-2,7-13H2. The molecule has 0 radical (unpaired) electrons. The van der Waals surface area contributed by atoms with E-state index in [-0.39, 0.29) is 0 Å². The molecule has 110 valence electrons. The highest BCUT2D eigenvalue weighted by molar-refractivity contribution is 5.45. The first-order valence-electron chi connectivity index (χ1n) is 7.63. The Labute approximate surface area is 121 Å². The SMILES string of the molecule is c1cc(NC2CCCOC2)ccc1CN1CCOCC1. The average Bonchev–Trinajstić information content (AvgIpc) is 2.51. The second kappa shape index (κ2) is 7.07. The molecule has 4 heteroatoms. The number of rotatable bonds is 4. The van der Waals surface area contributed by atoms with E-state index in [0.717, 1.165) is 52.5 Å². The van der Waals surface area contributed by atoms with Crippen molar-refractivity contribution in [2.24, 2.45) is 0 Å². The largest absolute Gasteiger partial charge is 0.380 e. The van der Waals surface area contributed by atoms with Gasteiger partial charge in [0.1, 0.15) is 0 Å². The van der Waals surface area contributed by atoms with Crippen LogP contribution in [0.15, 0.2) is 24.3 Å². The van der Waals surface area contributed by atoms with Crippen molar-refractivity contribution in [3.05, 3.63) is 29.8 Å². The van der Waals surface area contributed by atoms with Crippen LogP contribution in [0.3, 0.4) is 0 Å². The molecule has 2 saturated heterocycles. The molecular formula is C16H24N2O2. The lowest BCUT2D eigenvalue weighted by atomic mass is 10.1. The molecule has 0 spiro atoms. The number of nitrogens with zero attached hydrogens (tertiary/aromatic N) is 1. The van der Waals surface area contributed by atoms with Gasteiger partial charge in [-0.2, -0.15) is 0 Å². The summed E-state index contributed by atoms with van der Waals surface area (Å²) < 4.78 is 10.9. The van der Waals surface area contributed by atoms with Gasteiger partial charge >= 0.3 is 0 Å². The lowest BCUT2D eigenvalue weighted by molar-refractivity contribution is 0.0342. The van der Waals surface area contributed by atoms with E-state index in [4.69, 9.17) is 9.47 Å². The summed E-state index contributed by atoms with van der Waals surface area (Å²) in [5.74, 6) is 0. The summed E-state index contributed by atoms with van der Waals surface area (Å²) in [5.41, 5.74) is 2.57. The molecule has 4 nitrogen and oxygen atoms in total. The van der Waals surface area contributed by atoms with E-state index in [1.54, 1.807) is 0 Å². The summed E-state index contributed by atoms with van der Waals surface area (Å²) in [6.07, 6.45) is 2.36. The normalized spacial score (nSPS) is 24.5. The molecule has 1 N–H and O–H groups in total. The van der Waals surface area contributed by atoms with Crippen molar-refractivity contribution >= 4 is 5.69 Å². The number of morpholine rings is 1. The maximum absolute atomic E-state index is 5.50. The zero-order valence-corrected chi connectivity index (χ0v) is 12.0. The number of nitrogens with one attached hydrogen (secondary N) is 1. The Morgan fingerprint density at radius 3 is 2.55 bits per heavy atom. The Balaban J connectivity index is 1.51. The van der Waals surface area contributed by atoms with E-state index in [2.05, 4.69) is 34.5 Å². The van der Waals surface area contributed by atoms with Crippen molar-refractivity contribution in [3.63, 3.8) is 0 Å². The van der Waals surface area contributed by atoms with E-state index in [0.29, 0.717) is 6.04 Å². The van der Waals surface area contributed by atoms with Gasteiger partial charge in [0.15, 0.2) is 0 Å². The zero-order valence-electron chi connectivity index (χ0n) is 12.0. The Morgan fingerprint density at radius 2 is 1.85 bits per heavy atom. The average molecular weight is 276 g/mol. The summed E-state index contributed by atoms with van der Waals surface area (Å²) in [7, 11) is 0. The molecule has 2 aliphatic rings. The molecule has 2 fully saturated rings. The third-order valence-electron chi connectivity index (χ3n) is 3.99. The lowest BCUT2D eigenvalue weighted by Gasteiger charge is -2.27. The molecule has 0 aliphatic carbocycles. The molecule has 2 aliphatic heterocycles. The van der Waals surface area contributed by atoms with Crippen LogP contribution in [0.5, 0.6) is 0 Å². The van der Waals surface area contributed by atoms with Crippen LogP contribution in [0.1, 0.15) is 18.4 Å². The fourth-order valence-electron chi connectivity index (χ4n) is 2.81. The van der Waals surface area contributed by atoms with Crippen molar-refractivity contribution < 1.29 is 9.47 Å². The Hall–Kier alpha value is -1.10. The minimum atomic E-state index is 0.467. The first kappa shape index (κ1) is 13.9. The summed E-state index contributed by atoms with van der Waals surface area (Å²) >= 11 is 0. The number of anilines is 1. The van der Waals surface area contributed by atoms with Gasteiger partial charge in [0, 0.05) is 38.0 Å². The Kier molecular flexibility index (Phi) is 4.90. The van der Waals surface area contributed by atoms with Crippen molar-refractivity contribution in [2.75, 3.05) is 44.8 Å². The van der Waals surface area contributed by atoms with Crippen molar-refractivity contribution in [1.82, 2.24) is 4.90 Å². The summed E-state index contributed by atoms with van der Waals surface area (Å²) in [5, 5.41) is 3.55. The Bertz CT molecular complexity index is 356. The van der Waals surface area contributed by atoms with Crippen molar-refractivity contribution in [3.8, 4) is 0 Å². The fourth-order valence-corrected chi connectivity index (χ4v) is 2.81. The highest BCUT2D eigenvalue weighted by atomic mass is 16.5. The molecule has 1 aromatic rings. The quantitative estimate of drug-likeness (QED) is 0.913. The topological polar surface area (TPSA) is 33.7 Å². The molecule has 1 atom stereocenters. The van der Waals surface area contributed by atoms with Gasteiger partial charge in [-0.05, 0) is 30.5 Å². The van der Waals surface area contributed by atoms with Gasteiger partial charge in [-0.25, -0.2) is 0 Å². The fraction of sp³-hybridized carbons (Fsp3) is 0.625. The monoisotopic (exact) mass is 276 g/mol. The third-order valence-corrected chi connectivity index (χ3v) is 3.99.